The highest BCUT2D eigenvalue weighted by atomic mass is 32.2. The number of carboxylic acid groups (broad SMARTS) is 1. The molecule has 0 aliphatic carbocycles. The Morgan fingerprint density at radius 3 is 2.05 bits per heavy atom. The van der Waals surface area contributed by atoms with Crippen LogP contribution in [-0.2, 0) is 30.4 Å². The molecule has 4 unspecified atom stereocenters. The van der Waals surface area contributed by atoms with E-state index in [4.69, 9.17) is 22.9 Å². The molecule has 14 nitrogen and oxygen atoms in total. The van der Waals surface area contributed by atoms with Crippen molar-refractivity contribution in [3.8, 4) is 0 Å². The molecule has 1 rings (SSSR count). The Hall–Kier alpha value is -3.85. The third-order valence-corrected chi connectivity index (χ3v) is 6.40. The summed E-state index contributed by atoms with van der Waals surface area (Å²) in [5, 5.41) is 17.1. The van der Waals surface area contributed by atoms with Crippen LogP contribution in [0, 0.1) is 0 Å². The predicted octanol–water partition coefficient (Wildman–Crippen LogP) is -1.83. The van der Waals surface area contributed by atoms with Gasteiger partial charge in [0.25, 0.3) is 0 Å². The second kappa shape index (κ2) is 18.4. The van der Waals surface area contributed by atoms with E-state index in [1.54, 1.807) is 24.3 Å². The average Bonchev–Trinajstić information content (AvgIpc) is 2.90. The van der Waals surface area contributed by atoms with Gasteiger partial charge in [0, 0.05) is 19.4 Å². The molecule has 0 saturated carbocycles. The van der Waals surface area contributed by atoms with Crippen molar-refractivity contribution >= 4 is 47.3 Å². The molecule has 0 fully saturated rings. The smallest absolute Gasteiger partial charge is 0.326 e. The van der Waals surface area contributed by atoms with Crippen LogP contribution < -0.4 is 38.9 Å². The van der Waals surface area contributed by atoms with Crippen molar-refractivity contribution in [3.63, 3.8) is 0 Å². The fraction of sp³-hybridized carbons (Fsp3) is 0.520. The van der Waals surface area contributed by atoms with E-state index in [0.717, 1.165) is 5.56 Å². The zero-order valence-corrected chi connectivity index (χ0v) is 23.3. The Morgan fingerprint density at radius 1 is 0.875 bits per heavy atom. The quantitative estimate of drug-likeness (QED) is 0.0515. The minimum Gasteiger partial charge on any atom is -0.480 e. The molecular formula is C25H40N8O6S. The van der Waals surface area contributed by atoms with Crippen LogP contribution in [0.15, 0.2) is 35.3 Å². The summed E-state index contributed by atoms with van der Waals surface area (Å²) in [5.41, 5.74) is 22.5. The van der Waals surface area contributed by atoms with Crippen molar-refractivity contribution in [1.82, 2.24) is 16.0 Å². The van der Waals surface area contributed by atoms with Crippen LogP contribution in [0.3, 0.4) is 0 Å². The fourth-order valence-electron chi connectivity index (χ4n) is 3.57. The molecule has 15 heteroatoms. The molecular weight excluding hydrogens is 540 g/mol. The number of hydrogen-bond donors (Lipinski definition) is 8. The maximum absolute atomic E-state index is 13.4. The number of carbonyl (C=O) groups excluding carboxylic acids is 4. The third-order valence-electron chi connectivity index (χ3n) is 5.76. The fourth-order valence-corrected chi connectivity index (χ4v) is 4.06. The van der Waals surface area contributed by atoms with Crippen molar-refractivity contribution < 1.29 is 29.1 Å². The van der Waals surface area contributed by atoms with Gasteiger partial charge >= 0.3 is 5.97 Å². The molecule has 4 amide bonds. The molecule has 1 aromatic rings. The predicted molar refractivity (Wildman–Crippen MR) is 153 cm³/mol. The molecule has 222 valence electrons. The Bertz CT molecular complexity index is 1020. The lowest BCUT2D eigenvalue weighted by atomic mass is 10.0. The average molecular weight is 581 g/mol. The lowest BCUT2D eigenvalue weighted by molar-refractivity contribution is -0.142. The van der Waals surface area contributed by atoms with Crippen LogP contribution in [0.2, 0.25) is 0 Å². The van der Waals surface area contributed by atoms with Crippen LogP contribution >= 0.6 is 11.8 Å². The van der Waals surface area contributed by atoms with Gasteiger partial charge in [0.15, 0.2) is 5.96 Å². The first kappa shape index (κ1) is 34.2. The number of carbonyl (C=O) groups is 5. The molecule has 0 heterocycles. The van der Waals surface area contributed by atoms with Crippen LogP contribution in [0.25, 0.3) is 0 Å². The number of nitrogens with two attached hydrogens (primary N) is 4. The molecule has 0 radical (unpaired) electrons. The number of amides is 4. The first-order valence-electron chi connectivity index (χ1n) is 12.7. The number of carboxylic acids is 1. The largest absolute Gasteiger partial charge is 0.480 e. The Labute approximate surface area is 237 Å². The maximum Gasteiger partial charge on any atom is 0.326 e. The number of guanidine groups is 1. The maximum atomic E-state index is 13.4. The van der Waals surface area contributed by atoms with Crippen molar-refractivity contribution in [1.29, 1.82) is 0 Å². The standard InChI is InChI=1S/C25H40N8O6S/c1-40-13-11-16(26)21(35)33-19(14-15-6-3-2-4-7-15)23(37)31-17(8-5-12-30-25(28)29)22(36)32-18(24(38)39)9-10-20(27)34/h2-4,6-7,16-19H,5,8-14,26H2,1H3,(H2,27,34)(H,31,37)(H,32,36)(H,33,35)(H,38,39)(H4,28,29,30). The number of primary amides is 1. The molecule has 12 N–H and O–H groups in total. The second-order valence-corrected chi connectivity index (χ2v) is 10.0. The van der Waals surface area contributed by atoms with Crippen LogP contribution in [-0.4, -0.2) is 83.4 Å². The van der Waals surface area contributed by atoms with Gasteiger partial charge < -0.3 is 44.0 Å². The third kappa shape index (κ3) is 13.8. The summed E-state index contributed by atoms with van der Waals surface area (Å²) >= 11 is 1.53. The van der Waals surface area contributed by atoms with E-state index in [1.165, 1.54) is 11.8 Å². The van der Waals surface area contributed by atoms with Gasteiger partial charge in [-0.1, -0.05) is 30.3 Å². The van der Waals surface area contributed by atoms with E-state index in [9.17, 15) is 29.1 Å². The molecule has 40 heavy (non-hydrogen) atoms. The molecule has 0 spiro atoms. The lowest BCUT2D eigenvalue weighted by Crippen LogP contribution is -2.57. The number of nitrogens with one attached hydrogen (secondary N) is 3. The van der Waals surface area contributed by atoms with Gasteiger partial charge in [0.1, 0.15) is 18.1 Å². The normalized spacial score (nSPS) is 13.7. The van der Waals surface area contributed by atoms with E-state index in [1.807, 2.05) is 12.3 Å². The molecule has 0 aromatic heterocycles. The highest BCUT2D eigenvalue weighted by Gasteiger charge is 2.30. The molecule has 0 bridgehead atoms. The summed E-state index contributed by atoms with van der Waals surface area (Å²) in [7, 11) is 0. The SMILES string of the molecule is CSCCC(N)C(=O)NC(Cc1ccccc1)C(=O)NC(CCCN=C(N)N)C(=O)NC(CCC(N)=O)C(=O)O. The highest BCUT2D eigenvalue weighted by Crippen LogP contribution is 2.08. The van der Waals surface area contributed by atoms with Crippen LogP contribution in [0.5, 0.6) is 0 Å². The first-order valence-corrected chi connectivity index (χ1v) is 14.1. The zero-order valence-electron chi connectivity index (χ0n) is 22.5. The van der Waals surface area contributed by atoms with E-state index in [0.29, 0.717) is 12.2 Å². The molecule has 0 aliphatic heterocycles. The van der Waals surface area contributed by atoms with Crippen molar-refractivity contribution in [3.05, 3.63) is 35.9 Å². The summed E-state index contributed by atoms with van der Waals surface area (Å²) in [6, 6.07) is 4.44. The molecule has 0 aliphatic rings. The van der Waals surface area contributed by atoms with E-state index >= 15 is 0 Å². The summed E-state index contributed by atoms with van der Waals surface area (Å²) in [6.07, 6.45) is 2.24. The number of thioether (sulfide) groups is 1. The summed E-state index contributed by atoms with van der Waals surface area (Å²) in [4.78, 5) is 65.9. The van der Waals surface area contributed by atoms with E-state index in [2.05, 4.69) is 20.9 Å². The molecule has 1 aromatic carbocycles. The minimum atomic E-state index is -1.41. The molecule has 4 atom stereocenters. The van der Waals surface area contributed by atoms with E-state index < -0.39 is 53.8 Å². The second-order valence-electron chi connectivity index (χ2n) is 9.05. The number of aliphatic carboxylic acids is 1. The zero-order chi connectivity index (χ0) is 30.1. The Kier molecular flexibility index (Phi) is 15.8. The van der Waals surface area contributed by atoms with Gasteiger partial charge in [0.05, 0.1) is 6.04 Å². The van der Waals surface area contributed by atoms with Gasteiger partial charge in [-0.05, 0) is 43.3 Å². The first-order chi connectivity index (χ1) is 18.9. The van der Waals surface area contributed by atoms with Gasteiger partial charge in [0.2, 0.25) is 23.6 Å². The van der Waals surface area contributed by atoms with Gasteiger partial charge in [-0.2, -0.15) is 11.8 Å². The monoisotopic (exact) mass is 580 g/mol. The van der Waals surface area contributed by atoms with Gasteiger partial charge in [-0.15, -0.1) is 0 Å². The topological polar surface area (TPSA) is 258 Å². The molecule has 0 saturated heterocycles. The number of aliphatic imine (C=N–C) groups is 1. The van der Waals surface area contributed by atoms with Crippen molar-refractivity contribution in [2.24, 2.45) is 27.9 Å². The highest BCUT2D eigenvalue weighted by molar-refractivity contribution is 7.98. The summed E-state index contributed by atoms with van der Waals surface area (Å²) < 4.78 is 0. The van der Waals surface area contributed by atoms with Crippen LogP contribution in [0.4, 0.5) is 0 Å². The summed E-state index contributed by atoms with van der Waals surface area (Å²) in [5.74, 6) is -3.56. The number of benzene rings is 1. The minimum absolute atomic E-state index is 0.0513. The Morgan fingerprint density at radius 2 is 1.48 bits per heavy atom. The summed E-state index contributed by atoms with van der Waals surface area (Å²) in [6.45, 7) is 0.153. The Balaban J connectivity index is 3.13. The van der Waals surface area contributed by atoms with Crippen molar-refractivity contribution in [2.45, 2.75) is 62.7 Å². The van der Waals surface area contributed by atoms with E-state index in [-0.39, 0.29) is 44.6 Å². The van der Waals surface area contributed by atoms with Gasteiger partial charge in [-0.25, -0.2) is 4.79 Å². The lowest BCUT2D eigenvalue weighted by Gasteiger charge is -2.25. The number of nitrogens with zero attached hydrogens (tertiary/aromatic N) is 1. The van der Waals surface area contributed by atoms with Crippen molar-refractivity contribution in [2.75, 3.05) is 18.6 Å². The van der Waals surface area contributed by atoms with Crippen LogP contribution in [0.1, 0.15) is 37.7 Å². The van der Waals surface area contributed by atoms with Gasteiger partial charge in [-0.3, -0.25) is 24.2 Å². The number of hydrogen-bond acceptors (Lipinski definition) is 8. The number of rotatable bonds is 19.